The summed E-state index contributed by atoms with van der Waals surface area (Å²) in [6.07, 6.45) is 3.52. The van der Waals surface area contributed by atoms with Crippen molar-refractivity contribution in [1.29, 1.82) is 0 Å². The van der Waals surface area contributed by atoms with Crippen LogP contribution in [0, 0.1) is 17.6 Å². The standard InChI is InChI=1S/C17H25F2NO/c1-13(2)5-6-20(12-17-4-3-7-21-17)11-14-8-15(18)10-16(19)9-14/h8-10,13,17H,3-7,11-12H2,1-2H3. The van der Waals surface area contributed by atoms with Crippen molar-refractivity contribution >= 4 is 0 Å². The number of rotatable bonds is 7. The number of ether oxygens (including phenoxy) is 1. The van der Waals surface area contributed by atoms with Crippen LogP contribution in [0.25, 0.3) is 0 Å². The molecule has 0 amide bonds. The fourth-order valence-electron chi connectivity index (χ4n) is 2.71. The molecular weight excluding hydrogens is 272 g/mol. The first kappa shape index (κ1) is 16.4. The third-order valence-corrected chi connectivity index (χ3v) is 3.84. The number of hydrogen-bond acceptors (Lipinski definition) is 2. The third-order valence-electron chi connectivity index (χ3n) is 3.84. The highest BCUT2D eigenvalue weighted by Gasteiger charge is 2.19. The molecular formula is C17H25F2NO. The van der Waals surface area contributed by atoms with Gasteiger partial charge in [-0.05, 0) is 49.4 Å². The zero-order valence-electron chi connectivity index (χ0n) is 12.9. The number of nitrogens with zero attached hydrogens (tertiary/aromatic N) is 1. The summed E-state index contributed by atoms with van der Waals surface area (Å²) < 4.78 is 32.3. The highest BCUT2D eigenvalue weighted by atomic mass is 19.1. The van der Waals surface area contributed by atoms with E-state index >= 15 is 0 Å². The molecule has 1 saturated heterocycles. The van der Waals surface area contributed by atoms with Gasteiger partial charge in [0.1, 0.15) is 11.6 Å². The monoisotopic (exact) mass is 297 g/mol. The molecule has 1 aliphatic rings. The maximum atomic E-state index is 13.3. The Labute approximate surface area is 126 Å². The number of hydrogen-bond donors (Lipinski definition) is 0. The fourth-order valence-corrected chi connectivity index (χ4v) is 2.71. The van der Waals surface area contributed by atoms with E-state index in [1.807, 2.05) is 0 Å². The van der Waals surface area contributed by atoms with Crippen LogP contribution in [0.3, 0.4) is 0 Å². The van der Waals surface area contributed by atoms with E-state index in [0.29, 0.717) is 18.0 Å². The molecule has 1 aromatic carbocycles. The van der Waals surface area contributed by atoms with Gasteiger partial charge in [-0.25, -0.2) is 8.78 Å². The first-order chi connectivity index (χ1) is 10.0. The molecule has 1 fully saturated rings. The predicted molar refractivity (Wildman–Crippen MR) is 80.1 cm³/mol. The number of benzene rings is 1. The van der Waals surface area contributed by atoms with E-state index in [1.54, 1.807) is 0 Å². The van der Waals surface area contributed by atoms with Crippen LogP contribution in [0.2, 0.25) is 0 Å². The maximum Gasteiger partial charge on any atom is 0.126 e. The summed E-state index contributed by atoms with van der Waals surface area (Å²) in [4.78, 5) is 2.25. The van der Waals surface area contributed by atoms with Crippen LogP contribution < -0.4 is 0 Å². The van der Waals surface area contributed by atoms with E-state index in [2.05, 4.69) is 18.7 Å². The molecule has 1 unspecified atom stereocenters. The largest absolute Gasteiger partial charge is 0.377 e. The highest BCUT2D eigenvalue weighted by molar-refractivity contribution is 5.17. The van der Waals surface area contributed by atoms with E-state index in [4.69, 9.17) is 4.74 Å². The Morgan fingerprint density at radius 2 is 1.95 bits per heavy atom. The van der Waals surface area contributed by atoms with Gasteiger partial charge in [-0.3, -0.25) is 4.90 Å². The van der Waals surface area contributed by atoms with Crippen LogP contribution >= 0.6 is 0 Å². The third kappa shape index (κ3) is 5.71. The lowest BCUT2D eigenvalue weighted by Crippen LogP contribution is -2.33. The summed E-state index contributed by atoms with van der Waals surface area (Å²) in [5.41, 5.74) is 0.689. The molecule has 1 atom stereocenters. The average molecular weight is 297 g/mol. The summed E-state index contributed by atoms with van der Waals surface area (Å²) in [6.45, 7) is 7.54. The van der Waals surface area contributed by atoms with Crippen LogP contribution in [0.4, 0.5) is 8.78 Å². The van der Waals surface area contributed by atoms with Crippen molar-refractivity contribution in [2.75, 3.05) is 19.7 Å². The van der Waals surface area contributed by atoms with Gasteiger partial charge in [-0.2, -0.15) is 0 Å². The van der Waals surface area contributed by atoms with Gasteiger partial charge in [0, 0.05) is 25.8 Å². The summed E-state index contributed by atoms with van der Waals surface area (Å²) in [5, 5.41) is 0. The zero-order chi connectivity index (χ0) is 15.2. The van der Waals surface area contributed by atoms with Gasteiger partial charge in [0.25, 0.3) is 0 Å². The van der Waals surface area contributed by atoms with Crippen molar-refractivity contribution in [3.8, 4) is 0 Å². The first-order valence-electron chi connectivity index (χ1n) is 7.82. The lowest BCUT2D eigenvalue weighted by molar-refractivity contribution is 0.0689. The molecule has 1 heterocycles. The van der Waals surface area contributed by atoms with Gasteiger partial charge in [0.05, 0.1) is 6.10 Å². The Bertz CT molecular complexity index is 424. The molecule has 0 N–H and O–H groups in total. The molecule has 1 aromatic rings. The molecule has 21 heavy (non-hydrogen) atoms. The average Bonchev–Trinajstić information content (AvgIpc) is 2.87. The van der Waals surface area contributed by atoms with Gasteiger partial charge in [0.2, 0.25) is 0 Å². The van der Waals surface area contributed by atoms with Crippen LogP contribution in [0.1, 0.15) is 38.7 Å². The Hall–Kier alpha value is -1.00. The second-order valence-electron chi connectivity index (χ2n) is 6.33. The van der Waals surface area contributed by atoms with Crippen LogP contribution in [0.5, 0.6) is 0 Å². The van der Waals surface area contributed by atoms with E-state index in [1.165, 1.54) is 12.1 Å². The van der Waals surface area contributed by atoms with E-state index < -0.39 is 11.6 Å². The SMILES string of the molecule is CC(C)CCN(Cc1cc(F)cc(F)c1)CC1CCCO1. The molecule has 0 saturated carbocycles. The minimum Gasteiger partial charge on any atom is -0.377 e. The fraction of sp³-hybridized carbons (Fsp3) is 0.647. The molecule has 0 aromatic heterocycles. The predicted octanol–water partition coefficient (Wildman–Crippen LogP) is 3.99. The summed E-state index contributed by atoms with van der Waals surface area (Å²) in [7, 11) is 0. The van der Waals surface area contributed by atoms with Crippen LogP contribution in [0.15, 0.2) is 18.2 Å². The van der Waals surface area contributed by atoms with Gasteiger partial charge in [-0.1, -0.05) is 13.8 Å². The lowest BCUT2D eigenvalue weighted by atomic mass is 10.1. The second kappa shape index (κ2) is 7.85. The van der Waals surface area contributed by atoms with Crippen molar-refractivity contribution in [1.82, 2.24) is 4.90 Å². The summed E-state index contributed by atoms with van der Waals surface area (Å²) in [6, 6.07) is 3.75. The van der Waals surface area contributed by atoms with Gasteiger partial charge in [0.15, 0.2) is 0 Å². The topological polar surface area (TPSA) is 12.5 Å². The van der Waals surface area contributed by atoms with Crippen molar-refractivity contribution in [2.24, 2.45) is 5.92 Å². The van der Waals surface area contributed by atoms with Crippen molar-refractivity contribution in [3.63, 3.8) is 0 Å². The van der Waals surface area contributed by atoms with Crippen molar-refractivity contribution in [3.05, 3.63) is 35.4 Å². The van der Waals surface area contributed by atoms with Gasteiger partial charge in [-0.15, -0.1) is 0 Å². The minimum atomic E-state index is -0.508. The molecule has 1 aliphatic heterocycles. The second-order valence-corrected chi connectivity index (χ2v) is 6.33. The normalized spacial score (nSPS) is 18.9. The highest BCUT2D eigenvalue weighted by Crippen LogP contribution is 2.17. The van der Waals surface area contributed by atoms with Crippen molar-refractivity contribution < 1.29 is 13.5 Å². The molecule has 0 spiro atoms. The molecule has 118 valence electrons. The maximum absolute atomic E-state index is 13.3. The molecule has 2 nitrogen and oxygen atoms in total. The Morgan fingerprint density at radius 1 is 1.24 bits per heavy atom. The summed E-state index contributed by atoms with van der Waals surface area (Å²) in [5.74, 6) is -0.405. The minimum absolute atomic E-state index is 0.260. The molecule has 2 rings (SSSR count). The van der Waals surface area contributed by atoms with Gasteiger partial charge < -0.3 is 4.74 Å². The van der Waals surface area contributed by atoms with E-state index in [-0.39, 0.29) is 6.10 Å². The Kier molecular flexibility index (Phi) is 6.12. The van der Waals surface area contributed by atoms with E-state index in [0.717, 1.165) is 45.0 Å². The quantitative estimate of drug-likeness (QED) is 0.754. The smallest absolute Gasteiger partial charge is 0.126 e. The van der Waals surface area contributed by atoms with Crippen LogP contribution in [-0.4, -0.2) is 30.7 Å². The molecule has 0 radical (unpaired) electrons. The van der Waals surface area contributed by atoms with Crippen molar-refractivity contribution in [2.45, 2.75) is 45.8 Å². The van der Waals surface area contributed by atoms with E-state index in [9.17, 15) is 8.78 Å². The Balaban J connectivity index is 1.98. The molecule has 4 heteroatoms. The Morgan fingerprint density at radius 3 is 2.52 bits per heavy atom. The lowest BCUT2D eigenvalue weighted by Gasteiger charge is -2.26. The molecule has 0 bridgehead atoms. The molecule has 0 aliphatic carbocycles. The first-order valence-corrected chi connectivity index (χ1v) is 7.82. The summed E-state index contributed by atoms with van der Waals surface area (Å²) >= 11 is 0. The zero-order valence-corrected chi connectivity index (χ0v) is 12.9. The van der Waals surface area contributed by atoms with Gasteiger partial charge >= 0.3 is 0 Å². The number of halogens is 2. The van der Waals surface area contributed by atoms with Crippen LogP contribution in [-0.2, 0) is 11.3 Å².